The first-order valence-electron chi connectivity index (χ1n) is 7.55. The van der Waals surface area contributed by atoms with Gasteiger partial charge in [0.25, 0.3) is 0 Å². The number of anilines is 2. The third-order valence-electron chi connectivity index (χ3n) is 4.14. The van der Waals surface area contributed by atoms with E-state index in [1.165, 1.54) is 25.7 Å². The summed E-state index contributed by atoms with van der Waals surface area (Å²) < 4.78 is 5.38. The van der Waals surface area contributed by atoms with Gasteiger partial charge in [0.05, 0.1) is 0 Å². The lowest BCUT2D eigenvalue weighted by Crippen LogP contribution is -2.39. The van der Waals surface area contributed by atoms with Crippen molar-refractivity contribution in [3.8, 4) is 0 Å². The van der Waals surface area contributed by atoms with Crippen LogP contribution < -0.4 is 10.6 Å². The summed E-state index contributed by atoms with van der Waals surface area (Å²) in [6, 6.07) is 2.40. The van der Waals surface area contributed by atoms with Crippen LogP contribution in [-0.2, 0) is 11.3 Å². The molecule has 5 heteroatoms. The molecule has 20 heavy (non-hydrogen) atoms. The summed E-state index contributed by atoms with van der Waals surface area (Å²) in [6.07, 6.45) is 5.16. The van der Waals surface area contributed by atoms with E-state index in [1.54, 1.807) is 0 Å². The van der Waals surface area contributed by atoms with Crippen LogP contribution in [0.2, 0.25) is 0 Å². The van der Waals surface area contributed by atoms with Gasteiger partial charge in [-0.25, -0.2) is 9.97 Å². The summed E-state index contributed by atoms with van der Waals surface area (Å²) in [5.74, 6) is 2.78. The molecule has 2 N–H and O–H groups in total. The Labute approximate surface area is 121 Å². The van der Waals surface area contributed by atoms with Crippen molar-refractivity contribution < 1.29 is 4.74 Å². The molecule has 0 bridgehead atoms. The first kappa shape index (κ1) is 15.0. The van der Waals surface area contributed by atoms with E-state index in [2.05, 4.69) is 28.8 Å². The normalized spacial score (nSPS) is 22.8. The van der Waals surface area contributed by atoms with E-state index >= 15 is 0 Å². The van der Waals surface area contributed by atoms with E-state index in [9.17, 15) is 0 Å². The highest BCUT2D eigenvalue weighted by Gasteiger charge is 2.26. The molecular formula is C15H26N4O. The third-order valence-corrected chi connectivity index (χ3v) is 4.14. The molecule has 1 aromatic rings. The Hall–Kier alpha value is -1.36. The Morgan fingerprint density at radius 3 is 2.80 bits per heavy atom. The molecule has 1 aliphatic rings. The standard InChI is InChI=1S/C15H26N4O/c1-4-20-10-14-17-13(16)9-15(18-14)19(3)12-8-6-5-7-11(12)2/h9,11-12H,4-8,10H2,1-3H3,(H2,16,17,18). The molecule has 1 saturated carbocycles. The lowest BCUT2D eigenvalue weighted by molar-refractivity contribution is 0.128. The van der Waals surface area contributed by atoms with Gasteiger partial charge >= 0.3 is 0 Å². The molecule has 0 aromatic carbocycles. The smallest absolute Gasteiger partial charge is 0.158 e. The van der Waals surface area contributed by atoms with Crippen LogP contribution in [0.5, 0.6) is 0 Å². The molecule has 112 valence electrons. The molecule has 0 spiro atoms. The minimum Gasteiger partial charge on any atom is -0.384 e. The number of hydrogen-bond donors (Lipinski definition) is 1. The summed E-state index contributed by atoms with van der Waals surface area (Å²) in [4.78, 5) is 11.1. The van der Waals surface area contributed by atoms with Gasteiger partial charge in [-0.15, -0.1) is 0 Å². The second-order valence-corrected chi connectivity index (χ2v) is 5.64. The monoisotopic (exact) mass is 278 g/mol. The van der Waals surface area contributed by atoms with E-state index in [0.29, 0.717) is 36.8 Å². The average Bonchev–Trinajstić information content (AvgIpc) is 2.44. The highest BCUT2D eigenvalue weighted by atomic mass is 16.5. The molecule has 1 aliphatic carbocycles. The maximum atomic E-state index is 5.90. The Morgan fingerprint density at radius 2 is 2.10 bits per heavy atom. The zero-order valence-corrected chi connectivity index (χ0v) is 12.8. The molecule has 0 aliphatic heterocycles. The first-order valence-corrected chi connectivity index (χ1v) is 7.55. The average molecular weight is 278 g/mol. The molecule has 0 amide bonds. The fraction of sp³-hybridized carbons (Fsp3) is 0.733. The van der Waals surface area contributed by atoms with Gasteiger partial charge in [0.2, 0.25) is 0 Å². The Balaban J connectivity index is 2.15. The van der Waals surface area contributed by atoms with Gasteiger partial charge in [-0.1, -0.05) is 19.8 Å². The van der Waals surface area contributed by atoms with Gasteiger partial charge in [0.1, 0.15) is 18.2 Å². The predicted molar refractivity (Wildman–Crippen MR) is 81.6 cm³/mol. The highest BCUT2D eigenvalue weighted by molar-refractivity contribution is 5.47. The molecule has 5 nitrogen and oxygen atoms in total. The SMILES string of the molecule is CCOCc1nc(N)cc(N(C)C2CCCCC2C)n1. The van der Waals surface area contributed by atoms with Gasteiger partial charge in [0, 0.05) is 25.8 Å². The summed E-state index contributed by atoms with van der Waals surface area (Å²) >= 11 is 0. The van der Waals surface area contributed by atoms with E-state index < -0.39 is 0 Å². The number of aromatic nitrogens is 2. The number of nitrogen functional groups attached to an aromatic ring is 1. The van der Waals surface area contributed by atoms with Crippen LogP contribution in [0.25, 0.3) is 0 Å². The van der Waals surface area contributed by atoms with Crippen molar-refractivity contribution in [1.29, 1.82) is 0 Å². The molecule has 1 fully saturated rings. The highest BCUT2D eigenvalue weighted by Crippen LogP contribution is 2.30. The number of ether oxygens (including phenoxy) is 1. The first-order chi connectivity index (χ1) is 9.61. The van der Waals surface area contributed by atoms with Crippen molar-refractivity contribution in [1.82, 2.24) is 9.97 Å². The van der Waals surface area contributed by atoms with Gasteiger partial charge in [-0.05, 0) is 25.7 Å². The van der Waals surface area contributed by atoms with Crippen LogP contribution in [0, 0.1) is 5.92 Å². The van der Waals surface area contributed by atoms with Crippen LogP contribution >= 0.6 is 0 Å². The third kappa shape index (κ3) is 3.60. The van der Waals surface area contributed by atoms with Crippen LogP contribution in [-0.4, -0.2) is 29.7 Å². The molecule has 1 aromatic heterocycles. The summed E-state index contributed by atoms with van der Waals surface area (Å²) in [7, 11) is 2.11. The van der Waals surface area contributed by atoms with Crippen molar-refractivity contribution in [2.24, 2.45) is 5.92 Å². The minimum atomic E-state index is 0.419. The van der Waals surface area contributed by atoms with Gasteiger partial charge in [-0.2, -0.15) is 0 Å². The van der Waals surface area contributed by atoms with Gasteiger partial charge in [-0.3, -0.25) is 0 Å². The topological polar surface area (TPSA) is 64.3 Å². The van der Waals surface area contributed by atoms with Gasteiger partial charge < -0.3 is 15.4 Å². The maximum absolute atomic E-state index is 5.90. The van der Waals surface area contributed by atoms with Crippen molar-refractivity contribution in [2.45, 2.75) is 52.2 Å². The Bertz CT molecular complexity index is 438. The summed E-state index contributed by atoms with van der Waals surface area (Å²) in [6.45, 7) is 5.36. The van der Waals surface area contributed by atoms with Crippen LogP contribution in [0.3, 0.4) is 0 Å². The zero-order valence-electron chi connectivity index (χ0n) is 12.8. The largest absolute Gasteiger partial charge is 0.384 e. The summed E-state index contributed by atoms with van der Waals surface area (Å²) in [5.41, 5.74) is 5.90. The van der Waals surface area contributed by atoms with Crippen molar-refractivity contribution in [3.05, 3.63) is 11.9 Å². The Kier molecular flexibility index (Phi) is 5.17. The number of rotatable bonds is 5. The lowest BCUT2D eigenvalue weighted by atomic mass is 9.85. The second-order valence-electron chi connectivity index (χ2n) is 5.64. The second kappa shape index (κ2) is 6.88. The van der Waals surface area contributed by atoms with E-state index in [4.69, 9.17) is 10.5 Å². The quantitative estimate of drug-likeness (QED) is 0.897. The number of nitrogens with zero attached hydrogens (tertiary/aromatic N) is 3. The van der Waals surface area contributed by atoms with Crippen LogP contribution in [0.1, 0.15) is 45.4 Å². The van der Waals surface area contributed by atoms with Crippen molar-refractivity contribution >= 4 is 11.6 Å². The molecule has 0 saturated heterocycles. The van der Waals surface area contributed by atoms with E-state index in [0.717, 1.165) is 5.82 Å². The minimum absolute atomic E-state index is 0.419. The molecule has 2 atom stereocenters. The fourth-order valence-corrected chi connectivity index (χ4v) is 2.98. The Morgan fingerprint density at radius 1 is 1.35 bits per heavy atom. The van der Waals surface area contributed by atoms with Crippen LogP contribution in [0.15, 0.2) is 6.07 Å². The van der Waals surface area contributed by atoms with Crippen molar-refractivity contribution in [2.75, 3.05) is 24.3 Å². The van der Waals surface area contributed by atoms with Crippen molar-refractivity contribution in [3.63, 3.8) is 0 Å². The molecule has 2 rings (SSSR count). The van der Waals surface area contributed by atoms with Crippen LogP contribution in [0.4, 0.5) is 11.6 Å². The van der Waals surface area contributed by atoms with E-state index in [-0.39, 0.29) is 0 Å². The van der Waals surface area contributed by atoms with Gasteiger partial charge in [0.15, 0.2) is 5.82 Å². The zero-order chi connectivity index (χ0) is 14.5. The fourth-order valence-electron chi connectivity index (χ4n) is 2.98. The number of nitrogens with two attached hydrogens (primary N) is 1. The predicted octanol–water partition coefficient (Wildman–Crippen LogP) is 2.61. The molecule has 2 unspecified atom stereocenters. The molecule has 0 radical (unpaired) electrons. The molecule has 1 heterocycles. The molecular weight excluding hydrogens is 252 g/mol. The number of hydrogen-bond acceptors (Lipinski definition) is 5. The summed E-state index contributed by atoms with van der Waals surface area (Å²) in [5, 5.41) is 0. The maximum Gasteiger partial charge on any atom is 0.158 e. The van der Waals surface area contributed by atoms with E-state index in [1.807, 2.05) is 13.0 Å². The lowest BCUT2D eigenvalue weighted by Gasteiger charge is -2.37.